The van der Waals surface area contributed by atoms with Crippen molar-refractivity contribution in [3.63, 3.8) is 0 Å². The summed E-state index contributed by atoms with van der Waals surface area (Å²) >= 11 is 0. The molecular formula is C17H28N2O. The zero-order valence-electron chi connectivity index (χ0n) is 13.5. The van der Waals surface area contributed by atoms with E-state index >= 15 is 0 Å². The Morgan fingerprint density at radius 1 is 1.15 bits per heavy atom. The van der Waals surface area contributed by atoms with Gasteiger partial charge in [0.2, 0.25) is 0 Å². The van der Waals surface area contributed by atoms with E-state index in [0.717, 1.165) is 29.5 Å². The van der Waals surface area contributed by atoms with Crippen LogP contribution in [0.4, 0.5) is 0 Å². The van der Waals surface area contributed by atoms with Gasteiger partial charge in [-0.2, -0.15) is 0 Å². The van der Waals surface area contributed by atoms with E-state index in [4.69, 9.17) is 5.73 Å². The molecule has 0 bridgehead atoms. The molecule has 0 spiro atoms. The van der Waals surface area contributed by atoms with E-state index in [-0.39, 0.29) is 11.3 Å². The summed E-state index contributed by atoms with van der Waals surface area (Å²) in [5, 5.41) is 3.07. The van der Waals surface area contributed by atoms with E-state index < -0.39 is 0 Å². The molecule has 0 atom stereocenters. The van der Waals surface area contributed by atoms with Crippen LogP contribution in [0.25, 0.3) is 0 Å². The molecule has 0 saturated carbocycles. The molecular weight excluding hydrogens is 248 g/mol. The van der Waals surface area contributed by atoms with Gasteiger partial charge in [-0.05, 0) is 56.7 Å². The summed E-state index contributed by atoms with van der Waals surface area (Å²) in [4.78, 5) is 12.4. The number of aryl methyl sites for hydroxylation is 3. The highest BCUT2D eigenvalue weighted by molar-refractivity contribution is 5.97. The molecule has 0 fully saturated rings. The zero-order valence-corrected chi connectivity index (χ0v) is 13.5. The second-order valence-electron chi connectivity index (χ2n) is 5.87. The van der Waals surface area contributed by atoms with Gasteiger partial charge >= 0.3 is 0 Å². The Morgan fingerprint density at radius 2 is 1.65 bits per heavy atom. The van der Waals surface area contributed by atoms with Gasteiger partial charge in [0.15, 0.2) is 0 Å². The molecule has 3 heteroatoms. The number of nitrogens with one attached hydrogen (secondary N) is 1. The largest absolute Gasteiger partial charge is 0.351 e. The highest BCUT2D eigenvalue weighted by atomic mass is 16.1. The fourth-order valence-corrected chi connectivity index (χ4v) is 2.76. The van der Waals surface area contributed by atoms with Gasteiger partial charge in [-0.25, -0.2) is 0 Å². The van der Waals surface area contributed by atoms with Crippen molar-refractivity contribution in [2.45, 2.75) is 47.5 Å². The third-order valence-corrected chi connectivity index (χ3v) is 4.46. The summed E-state index contributed by atoms with van der Waals surface area (Å²) in [5.74, 6) is 0.0136. The number of nitrogens with two attached hydrogens (primary N) is 1. The maximum absolute atomic E-state index is 12.4. The van der Waals surface area contributed by atoms with Crippen molar-refractivity contribution in [3.05, 3.63) is 34.4 Å². The summed E-state index contributed by atoms with van der Waals surface area (Å²) in [5.41, 5.74) is 9.95. The predicted molar refractivity (Wildman–Crippen MR) is 85.1 cm³/mol. The van der Waals surface area contributed by atoms with Crippen LogP contribution in [0.1, 0.15) is 53.7 Å². The Labute approximate surface area is 122 Å². The van der Waals surface area contributed by atoms with Crippen LogP contribution >= 0.6 is 0 Å². The molecule has 1 aromatic carbocycles. The monoisotopic (exact) mass is 276 g/mol. The molecule has 3 N–H and O–H groups in total. The Balaban J connectivity index is 2.88. The first-order valence-electron chi connectivity index (χ1n) is 7.45. The summed E-state index contributed by atoms with van der Waals surface area (Å²) < 4.78 is 0. The lowest BCUT2D eigenvalue weighted by Gasteiger charge is -2.30. The molecule has 0 aliphatic carbocycles. The highest BCUT2D eigenvalue weighted by Crippen LogP contribution is 2.24. The first-order valence-corrected chi connectivity index (χ1v) is 7.45. The lowest BCUT2D eigenvalue weighted by molar-refractivity contribution is 0.0927. The number of hydrogen-bond donors (Lipinski definition) is 2. The Hall–Kier alpha value is -1.35. The zero-order chi connectivity index (χ0) is 15.3. The molecule has 112 valence electrons. The Bertz CT molecular complexity index is 445. The molecule has 0 aliphatic heterocycles. The van der Waals surface area contributed by atoms with Gasteiger partial charge in [-0.1, -0.05) is 31.5 Å². The molecule has 1 rings (SSSR count). The number of carbonyl (C=O) groups excluding carboxylic acids is 1. The molecule has 0 heterocycles. The molecule has 1 amide bonds. The smallest absolute Gasteiger partial charge is 0.251 e. The lowest BCUT2D eigenvalue weighted by atomic mass is 9.82. The van der Waals surface area contributed by atoms with Crippen molar-refractivity contribution in [2.75, 3.05) is 13.1 Å². The molecule has 0 aromatic heterocycles. The van der Waals surface area contributed by atoms with Crippen LogP contribution in [-0.2, 0) is 0 Å². The van der Waals surface area contributed by atoms with E-state index in [0.29, 0.717) is 13.1 Å². The summed E-state index contributed by atoms with van der Waals surface area (Å²) in [6.45, 7) is 11.5. The van der Waals surface area contributed by atoms with Crippen LogP contribution in [0.5, 0.6) is 0 Å². The Morgan fingerprint density at radius 3 is 2.05 bits per heavy atom. The van der Waals surface area contributed by atoms with Gasteiger partial charge in [0.25, 0.3) is 5.91 Å². The molecule has 1 aromatic rings. The van der Waals surface area contributed by atoms with E-state index in [2.05, 4.69) is 38.2 Å². The average Bonchev–Trinajstić information content (AvgIpc) is 2.39. The SMILES string of the molecule is CCC(CC)(CN)CNC(=O)c1c(C)cc(C)cc1C. The number of carbonyl (C=O) groups is 1. The molecule has 3 nitrogen and oxygen atoms in total. The van der Waals surface area contributed by atoms with E-state index in [1.165, 1.54) is 5.56 Å². The van der Waals surface area contributed by atoms with E-state index in [1.54, 1.807) is 0 Å². The minimum absolute atomic E-state index is 0.0136. The number of hydrogen-bond acceptors (Lipinski definition) is 2. The van der Waals surface area contributed by atoms with Crippen molar-refractivity contribution in [3.8, 4) is 0 Å². The second kappa shape index (κ2) is 6.89. The Kier molecular flexibility index (Phi) is 5.75. The first-order chi connectivity index (χ1) is 9.39. The van der Waals surface area contributed by atoms with Crippen LogP contribution in [0.2, 0.25) is 0 Å². The number of rotatable bonds is 6. The molecule has 20 heavy (non-hydrogen) atoms. The van der Waals surface area contributed by atoms with Crippen LogP contribution in [0, 0.1) is 26.2 Å². The topological polar surface area (TPSA) is 55.1 Å². The van der Waals surface area contributed by atoms with Gasteiger partial charge < -0.3 is 11.1 Å². The highest BCUT2D eigenvalue weighted by Gasteiger charge is 2.25. The molecule has 0 unspecified atom stereocenters. The van der Waals surface area contributed by atoms with Crippen LogP contribution in [-0.4, -0.2) is 19.0 Å². The first kappa shape index (κ1) is 16.7. The average molecular weight is 276 g/mol. The van der Waals surface area contributed by atoms with Gasteiger partial charge in [0, 0.05) is 12.1 Å². The van der Waals surface area contributed by atoms with Crippen LogP contribution in [0.3, 0.4) is 0 Å². The van der Waals surface area contributed by atoms with Gasteiger partial charge in [0.05, 0.1) is 0 Å². The normalized spacial score (nSPS) is 11.5. The van der Waals surface area contributed by atoms with Gasteiger partial charge in [0.1, 0.15) is 0 Å². The maximum Gasteiger partial charge on any atom is 0.251 e. The van der Waals surface area contributed by atoms with Gasteiger partial charge in [-0.3, -0.25) is 4.79 Å². The lowest BCUT2D eigenvalue weighted by Crippen LogP contribution is -2.42. The van der Waals surface area contributed by atoms with Crippen molar-refractivity contribution >= 4 is 5.91 Å². The van der Waals surface area contributed by atoms with E-state index in [1.807, 2.05) is 13.8 Å². The number of amides is 1. The maximum atomic E-state index is 12.4. The summed E-state index contributed by atoms with van der Waals surface area (Å²) in [7, 11) is 0. The van der Waals surface area contributed by atoms with Crippen LogP contribution in [0.15, 0.2) is 12.1 Å². The second-order valence-corrected chi connectivity index (χ2v) is 5.87. The minimum atomic E-state index is 0.0136. The number of benzene rings is 1. The quantitative estimate of drug-likeness (QED) is 0.839. The molecule has 0 aliphatic rings. The van der Waals surface area contributed by atoms with Crippen molar-refractivity contribution < 1.29 is 4.79 Å². The summed E-state index contributed by atoms with van der Waals surface area (Å²) in [6.07, 6.45) is 1.96. The fraction of sp³-hybridized carbons (Fsp3) is 0.588. The summed E-state index contributed by atoms with van der Waals surface area (Å²) in [6, 6.07) is 4.11. The van der Waals surface area contributed by atoms with Crippen molar-refractivity contribution in [1.29, 1.82) is 0 Å². The van der Waals surface area contributed by atoms with Gasteiger partial charge in [-0.15, -0.1) is 0 Å². The molecule has 0 saturated heterocycles. The third kappa shape index (κ3) is 3.60. The third-order valence-electron chi connectivity index (χ3n) is 4.46. The standard InChI is InChI=1S/C17H28N2O/c1-6-17(7-2,10-18)11-19-16(20)15-13(4)8-12(3)9-14(15)5/h8-9H,6-7,10-11,18H2,1-5H3,(H,19,20). The fourth-order valence-electron chi connectivity index (χ4n) is 2.76. The van der Waals surface area contributed by atoms with E-state index in [9.17, 15) is 4.79 Å². The predicted octanol–water partition coefficient (Wildman–Crippen LogP) is 3.11. The molecule has 0 radical (unpaired) electrons. The van der Waals surface area contributed by atoms with Crippen molar-refractivity contribution in [1.82, 2.24) is 5.32 Å². The minimum Gasteiger partial charge on any atom is -0.351 e. The van der Waals surface area contributed by atoms with Crippen LogP contribution < -0.4 is 11.1 Å². The van der Waals surface area contributed by atoms with Crippen molar-refractivity contribution in [2.24, 2.45) is 11.1 Å².